The topological polar surface area (TPSA) is 66.4 Å². The number of anilines is 3. The fourth-order valence-corrected chi connectivity index (χ4v) is 3.93. The van der Waals surface area contributed by atoms with E-state index in [0.29, 0.717) is 12.5 Å². The fraction of sp³-hybridized carbons (Fsp3) is 0.571. The van der Waals surface area contributed by atoms with E-state index in [1.165, 1.54) is 38.5 Å². The lowest BCUT2D eigenvalue weighted by Crippen LogP contribution is -2.34. The van der Waals surface area contributed by atoms with Gasteiger partial charge in [-0.05, 0) is 44.6 Å². The first-order valence-electron chi connectivity index (χ1n) is 10.5. The number of ether oxygens (including phenoxy) is 1. The first-order valence-corrected chi connectivity index (χ1v) is 10.5. The van der Waals surface area contributed by atoms with Gasteiger partial charge in [0.1, 0.15) is 5.75 Å². The van der Waals surface area contributed by atoms with E-state index >= 15 is 0 Å². The molecule has 0 amide bonds. The zero-order chi connectivity index (χ0) is 19.2. The maximum atomic E-state index is 5.46. The Labute approximate surface area is 167 Å². The van der Waals surface area contributed by atoms with Gasteiger partial charge in [-0.3, -0.25) is 0 Å². The van der Waals surface area contributed by atoms with Crippen LogP contribution in [0.15, 0.2) is 24.3 Å². The Kier molecular flexibility index (Phi) is 6.09. The number of rotatable bonds is 6. The summed E-state index contributed by atoms with van der Waals surface area (Å²) in [6.45, 7) is 4.71. The molecule has 150 valence electrons. The highest BCUT2D eigenvalue weighted by molar-refractivity contribution is 5.46. The van der Waals surface area contributed by atoms with Gasteiger partial charge in [0.05, 0.1) is 7.11 Å². The molecule has 0 spiro atoms. The Hall–Kier alpha value is -2.57. The largest absolute Gasteiger partial charge is 0.496 e. The van der Waals surface area contributed by atoms with E-state index < -0.39 is 0 Å². The summed E-state index contributed by atoms with van der Waals surface area (Å²) in [6, 6.07) is 8.03. The first-order chi connectivity index (χ1) is 13.8. The van der Waals surface area contributed by atoms with E-state index in [-0.39, 0.29) is 0 Å². The van der Waals surface area contributed by atoms with Crippen LogP contribution in [-0.4, -0.2) is 48.2 Å². The van der Waals surface area contributed by atoms with E-state index in [0.717, 1.165) is 49.4 Å². The number of methoxy groups -OCH3 is 1. The van der Waals surface area contributed by atoms with Crippen molar-refractivity contribution in [3.63, 3.8) is 0 Å². The molecule has 1 N–H and O–H groups in total. The molecule has 2 saturated heterocycles. The molecular weight excluding hydrogens is 352 g/mol. The van der Waals surface area contributed by atoms with Crippen LogP contribution in [0.5, 0.6) is 5.75 Å². The standard InChI is InChI=1S/C21H30N6O/c1-28-18-11-5-4-10-17(18)16-22-19-23-20(26-12-6-2-7-13-26)25-21(24-19)27-14-8-3-9-15-27/h4-5,10-11H,2-3,6-9,12-16H2,1H3,(H,22,23,24,25). The summed E-state index contributed by atoms with van der Waals surface area (Å²) in [5.74, 6) is 3.12. The Balaban J connectivity index is 1.57. The second-order valence-electron chi connectivity index (χ2n) is 7.52. The van der Waals surface area contributed by atoms with Crippen LogP contribution in [0, 0.1) is 0 Å². The molecule has 1 aromatic carbocycles. The number of piperidine rings is 2. The quantitative estimate of drug-likeness (QED) is 0.820. The van der Waals surface area contributed by atoms with Gasteiger partial charge in [0.25, 0.3) is 0 Å². The number of benzene rings is 1. The monoisotopic (exact) mass is 382 g/mol. The third kappa shape index (κ3) is 4.46. The van der Waals surface area contributed by atoms with Gasteiger partial charge in [0.15, 0.2) is 0 Å². The average molecular weight is 383 g/mol. The Morgan fingerprint density at radius 2 is 1.39 bits per heavy atom. The zero-order valence-corrected chi connectivity index (χ0v) is 16.7. The van der Waals surface area contributed by atoms with E-state index in [1.54, 1.807) is 7.11 Å². The summed E-state index contributed by atoms with van der Waals surface area (Å²) in [5, 5.41) is 3.40. The van der Waals surface area contributed by atoms with Crippen LogP contribution < -0.4 is 19.9 Å². The number of para-hydroxylation sites is 1. The van der Waals surface area contributed by atoms with E-state index in [2.05, 4.69) is 21.2 Å². The fourth-order valence-electron chi connectivity index (χ4n) is 3.93. The number of hydrogen-bond donors (Lipinski definition) is 1. The summed E-state index contributed by atoms with van der Waals surface area (Å²) in [4.78, 5) is 18.9. The van der Waals surface area contributed by atoms with Crippen molar-refractivity contribution in [2.75, 3.05) is 48.4 Å². The van der Waals surface area contributed by atoms with Crippen LogP contribution in [0.3, 0.4) is 0 Å². The molecule has 2 aliphatic heterocycles. The molecule has 0 unspecified atom stereocenters. The Morgan fingerprint density at radius 1 is 0.821 bits per heavy atom. The summed E-state index contributed by atoms with van der Waals surface area (Å²) >= 11 is 0. The van der Waals surface area contributed by atoms with Crippen LogP contribution in [0.25, 0.3) is 0 Å². The lowest BCUT2D eigenvalue weighted by molar-refractivity contribution is 0.410. The molecule has 0 aliphatic carbocycles. The molecule has 7 heteroatoms. The highest BCUT2D eigenvalue weighted by Gasteiger charge is 2.20. The summed E-state index contributed by atoms with van der Waals surface area (Å²) in [6.07, 6.45) is 7.39. The van der Waals surface area contributed by atoms with Crippen LogP contribution in [0.2, 0.25) is 0 Å². The summed E-state index contributed by atoms with van der Waals surface area (Å²) in [7, 11) is 1.70. The molecule has 2 aromatic rings. The minimum absolute atomic E-state index is 0.618. The van der Waals surface area contributed by atoms with Crippen molar-refractivity contribution >= 4 is 17.8 Å². The number of aromatic nitrogens is 3. The van der Waals surface area contributed by atoms with Gasteiger partial charge in [-0.15, -0.1) is 0 Å². The highest BCUT2D eigenvalue weighted by atomic mass is 16.5. The molecule has 0 saturated carbocycles. The average Bonchev–Trinajstić information content (AvgIpc) is 2.79. The number of nitrogens with zero attached hydrogens (tertiary/aromatic N) is 5. The van der Waals surface area contributed by atoms with Crippen LogP contribution in [-0.2, 0) is 6.54 Å². The third-order valence-corrected chi connectivity index (χ3v) is 5.52. The summed E-state index contributed by atoms with van der Waals surface area (Å²) < 4.78 is 5.46. The molecule has 28 heavy (non-hydrogen) atoms. The lowest BCUT2D eigenvalue weighted by Gasteiger charge is -2.30. The van der Waals surface area contributed by atoms with E-state index in [1.807, 2.05) is 18.2 Å². The lowest BCUT2D eigenvalue weighted by atomic mass is 10.1. The molecule has 0 atom stereocenters. The maximum absolute atomic E-state index is 5.46. The Morgan fingerprint density at radius 3 is 1.96 bits per heavy atom. The van der Waals surface area contributed by atoms with E-state index in [4.69, 9.17) is 19.7 Å². The van der Waals surface area contributed by atoms with Gasteiger partial charge in [-0.2, -0.15) is 15.0 Å². The van der Waals surface area contributed by atoms with E-state index in [9.17, 15) is 0 Å². The van der Waals surface area contributed by atoms with Crippen LogP contribution in [0.1, 0.15) is 44.1 Å². The number of hydrogen-bond acceptors (Lipinski definition) is 7. The minimum atomic E-state index is 0.618. The summed E-state index contributed by atoms with van der Waals surface area (Å²) in [5.41, 5.74) is 1.09. The van der Waals surface area contributed by atoms with Crippen LogP contribution in [0.4, 0.5) is 17.8 Å². The van der Waals surface area contributed by atoms with Crippen LogP contribution >= 0.6 is 0 Å². The second-order valence-corrected chi connectivity index (χ2v) is 7.52. The first kappa shape index (κ1) is 18.8. The maximum Gasteiger partial charge on any atom is 0.231 e. The SMILES string of the molecule is COc1ccccc1CNc1nc(N2CCCCC2)nc(N2CCCCC2)n1. The predicted molar refractivity (Wildman–Crippen MR) is 112 cm³/mol. The minimum Gasteiger partial charge on any atom is -0.496 e. The molecule has 7 nitrogen and oxygen atoms in total. The molecule has 0 bridgehead atoms. The second kappa shape index (κ2) is 9.08. The van der Waals surface area contributed by atoms with Gasteiger partial charge in [-0.25, -0.2) is 0 Å². The van der Waals surface area contributed by atoms with Gasteiger partial charge in [0, 0.05) is 38.3 Å². The normalized spacial score (nSPS) is 17.5. The molecule has 4 rings (SSSR count). The molecule has 2 aliphatic rings. The molecule has 0 radical (unpaired) electrons. The molecule has 2 fully saturated rings. The molecular formula is C21H30N6O. The van der Waals surface area contributed by atoms with Crippen molar-refractivity contribution in [2.45, 2.75) is 45.1 Å². The van der Waals surface area contributed by atoms with Crippen molar-refractivity contribution in [1.29, 1.82) is 0 Å². The van der Waals surface area contributed by atoms with Gasteiger partial charge < -0.3 is 19.9 Å². The van der Waals surface area contributed by atoms with Crippen molar-refractivity contribution < 1.29 is 4.74 Å². The van der Waals surface area contributed by atoms with Gasteiger partial charge >= 0.3 is 0 Å². The van der Waals surface area contributed by atoms with Gasteiger partial charge in [0.2, 0.25) is 17.8 Å². The van der Waals surface area contributed by atoms with Crippen molar-refractivity contribution in [3.05, 3.63) is 29.8 Å². The predicted octanol–water partition coefficient (Wildman–Crippen LogP) is 3.47. The molecule has 1 aromatic heterocycles. The smallest absolute Gasteiger partial charge is 0.231 e. The van der Waals surface area contributed by atoms with Gasteiger partial charge in [-0.1, -0.05) is 18.2 Å². The zero-order valence-electron chi connectivity index (χ0n) is 16.7. The number of nitrogens with one attached hydrogen (secondary N) is 1. The van der Waals surface area contributed by atoms with Crippen molar-refractivity contribution in [2.24, 2.45) is 0 Å². The van der Waals surface area contributed by atoms with Crippen molar-refractivity contribution in [3.8, 4) is 5.75 Å². The highest BCUT2D eigenvalue weighted by Crippen LogP contribution is 2.23. The molecule has 3 heterocycles. The Bertz CT molecular complexity index is 735. The van der Waals surface area contributed by atoms with Crippen molar-refractivity contribution in [1.82, 2.24) is 15.0 Å². The third-order valence-electron chi connectivity index (χ3n) is 5.52.